The lowest BCUT2D eigenvalue weighted by molar-refractivity contribution is -0.692. The molecule has 0 fully saturated rings. The molecule has 0 spiro atoms. The van der Waals surface area contributed by atoms with E-state index in [1.807, 2.05) is 32.2 Å². The molecule has 0 aliphatic carbocycles. The molecule has 3 aromatic rings. The minimum atomic E-state index is 0.552. The predicted octanol–water partition coefficient (Wildman–Crippen LogP) is 2.01. The van der Waals surface area contributed by atoms with Crippen molar-refractivity contribution in [3.05, 3.63) is 47.9 Å². The Balaban J connectivity index is 1.98. The molecule has 20 heavy (non-hydrogen) atoms. The maximum Gasteiger partial charge on any atom is 0.182 e. The summed E-state index contributed by atoms with van der Waals surface area (Å²) >= 11 is 0. The minimum absolute atomic E-state index is 0.552. The third-order valence-electron chi connectivity index (χ3n) is 3.42. The fourth-order valence-corrected chi connectivity index (χ4v) is 2.20. The Hall–Kier alpha value is -2.43. The lowest BCUT2D eigenvalue weighted by Crippen LogP contribution is -2.37. The maximum absolute atomic E-state index is 6.00. The molecule has 0 radical (unpaired) electrons. The Kier molecular flexibility index (Phi) is 3.10. The van der Waals surface area contributed by atoms with Crippen LogP contribution < -0.4 is 10.3 Å². The van der Waals surface area contributed by atoms with Crippen molar-refractivity contribution in [2.45, 2.75) is 26.8 Å². The number of nitrogens with two attached hydrogens (primary N) is 1. The molecular formula is C15H17N4O+. The zero-order valence-electron chi connectivity index (χ0n) is 11.6. The van der Waals surface area contributed by atoms with E-state index < -0.39 is 0 Å². The van der Waals surface area contributed by atoms with E-state index in [0.717, 1.165) is 34.5 Å². The molecule has 0 unspecified atom stereocenters. The van der Waals surface area contributed by atoms with E-state index >= 15 is 0 Å². The summed E-state index contributed by atoms with van der Waals surface area (Å²) in [6.45, 7) is 4.71. The van der Waals surface area contributed by atoms with E-state index in [0.29, 0.717) is 12.4 Å². The van der Waals surface area contributed by atoms with Gasteiger partial charge in [0.2, 0.25) is 0 Å². The van der Waals surface area contributed by atoms with Gasteiger partial charge in [-0.1, -0.05) is 6.92 Å². The number of nitrogens with zero attached hydrogens (tertiary/aromatic N) is 3. The number of anilines is 1. The van der Waals surface area contributed by atoms with Crippen molar-refractivity contribution in [2.75, 3.05) is 5.73 Å². The molecule has 0 saturated carbocycles. The lowest BCUT2D eigenvalue weighted by Gasteiger charge is -2.05. The van der Waals surface area contributed by atoms with Crippen LogP contribution in [-0.4, -0.2) is 9.97 Å². The highest BCUT2D eigenvalue weighted by Crippen LogP contribution is 2.15. The standard InChI is InChI=1S/C15H17N4O/c1-3-14-17-7-12(15(16)18-14)9-19-8-11-4-5-20-13(11)6-10(19)2/h4-8H,3,9H2,1-2H3,(H2,16,17,18)/q+1. The zero-order chi connectivity index (χ0) is 14.1. The highest BCUT2D eigenvalue weighted by Gasteiger charge is 2.14. The molecule has 0 bridgehead atoms. The number of fused-ring (bicyclic) bond motifs is 1. The van der Waals surface area contributed by atoms with E-state index in [4.69, 9.17) is 10.2 Å². The van der Waals surface area contributed by atoms with Crippen molar-refractivity contribution in [3.63, 3.8) is 0 Å². The summed E-state index contributed by atoms with van der Waals surface area (Å²) in [5.74, 6) is 1.33. The highest BCUT2D eigenvalue weighted by atomic mass is 16.3. The summed E-state index contributed by atoms with van der Waals surface area (Å²) in [6.07, 6.45) is 6.36. The summed E-state index contributed by atoms with van der Waals surface area (Å²) in [5, 5.41) is 1.07. The number of nitrogen functional groups attached to an aromatic ring is 1. The first-order chi connectivity index (χ1) is 9.67. The van der Waals surface area contributed by atoms with Gasteiger partial charge in [0.15, 0.2) is 18.4 Å². The van der Waals surface area contributed by atoms with Crippen molar-refractivity contribution >= 4 is 16.8 Å². The highest BCUT2D eigenvalue weighted by molar-refractivity contribution is 5.75. The third-order valence-corrected chi connectivity index (χ3v) is 3.42. The quantitative estimate of drug-likeness (QED) is 0.738. The summed E-state index contributed by atoms with van der Waals surface area (Å²) < 4.78 is 7.52. The normalized spacial score (nSPS) is 11.1. The number of rotatable bonds is 3. The molecule has 5 nitrogen and oxygen atoms in total. The van der Waals surface area contributed by atoms with E-state index in [9.17, 15) is 0 Å². The second-order valence-electron chi connectivity index (χ2n) is 4.83. The van der Waals surface area contributed by atoms with Crippen LogP contribution >= 0.6 is 0 Å². The fraction of sp³-hybridized carbons (Fsp3) is 0.267. The van der Waals surface area contributed by atoms with Crippen LogP contribution in [0.4, 0.5) is 5.82 Å². The van der Waals surface area contributed by atoms with Crippen LogP contribution in [-0.2, 0) is 13.0 Å². The molecule has 3 heterocycles. The number of furan rings is 1. The van der Waals surface area contributed by atoms with Gasteiger partial charge >= 0.3 is 0 Å². The topological polar surface area (TPSA) is 68.8 Å². The molecule has 0 aromatic carbocycles. The smallest absolute Gasteiger partial charge is 0.182 e. The number of hydrogen-bond acceptors (Lipinski definition) is 4. The number of aryl methyl sites for hydroxylation is 2. The molecule has 3 rings (SSSR count). The molecule has 5 heteroatoms. The van der Waals surface area contributed by atoms with Gasteiger partial charge in [-0.05, 0) is 6.07 Å². The lowest BCUT2D eigenvalue weighted by atomic mass is 10.2. The first-order valence-electron chi connectivity index (χ1n) is 6.65. The van der Waals surface area contributed by atoms with Gasteiger partial charge in [-0.15, -0.1) is 0 Å². The van der Waals surface area contributed by atoms with Crippen LogP contribution in [0.2, 0.25) is 0 Å². The molecule has 0 saturated heterocycles. The molecule has 0 aliphatic heterocycles. The molecule has 3 aromatic heterocycles. The Bertz CT molecular complexity index is 764. The van der Waals surface area contributed by atoms with Crippen molar-refractivity contribution in [1.82, 2.24) is 9.97 Å². The Morgan fingerprint density at radius 3 is 3.00 bits per heavy atom. The first kappa shape index (κ1) is 12.6. The fourth-order valence-electron chi connectivity index (χ4n) is 2.20. The summed E-state index contributed by atoms with van der Waals surface area (Å²) in [6, 6.07) is 3.97. The van der Waals surface area contributed by atoms with Gasteiger partial charge in [0.05, 0.1) is 17.2 Å². The number of hydrogen-bond donors (Lipinski definition) is 1. The van der Waals surface area contributed by atoms with Crippen LogP contribution in [0.15, 0.2) is 35.2 Å². The third kappa shape index (κ3) is 2.22. The molecule has 0 aliphatic rings. The Labute approximate surface area is 117 Å². The number of aromatic nitrogens is 3. The van der Waals surface area contributed by atoms with E-state index in [-0.39, 0.29) is 0 Å². The van der Waals surface area contributed by atoms with Crippen LogP contribution in [0.3, 0.4) is 0 Å². The van der Waals surface area contributed by atoms with Gasteiger partial charge in [0.1, 0.15) is 17.2 Å². The first-order valence-corrected chi connectivity index (χ1v) is 6.65. The second kappa shape index (κ2) is 4.92. The summed E-state index contributed by atoms with van der Waals surface area (Å²) in [7, 11) is 0. The van der Waals surface area contributed by atoms with Crippen LogP contribution in [0.5, 0.6) is 0 Å². The van der Waals surface area contributed by atoms with Crippen LogP contribution in [0, 0.1) is 6.92 Å². The number of pyridine rings is 1. The van der Waals surface area contributed by atoms with E-state index in [2.05, 4.69) is 20.7 Å². The molecule has 0 amide bonds. The van der Waals surface area contributed by atoms with Gasteiger partial charge in [-0.2, -0.15) is 4.57 Å². The SMILES string of the molecule is CCc1ncc(C[n+]2cc3ccoc3cc2C)c(N)n1. The van der Waals surface area contributed by atoms with Gasteiger partial charge in [0.25, 0.3) is 0 Å². The average Bonchev–Trinajstić information content (AvgIpc) is 2.88. The van der Waals surface area contributed by atoms with Crippen molar-refractivity contribution in [2.24, 2.45) is 0 Å². The Morgan fingerprint density at radius 1 is 1.40 bits per heavy atom. The summed E-state index contributed by atoms with van der Waals surface area (Å²) in [4.78, 5) is 8.62. The average molecular weight is 269 g/mol. The van der Waals surface area contributed by atoms with Gasteiger partial charge < -0.3 is 10.2 Å². The molecule has 0 atom stereocenters. The van der Waals surface area contributed by atoms with E-state index in [1.54, 1.807) is 6.26 Å². The largest absolute Gasteiger partial charge is 0.464 e. The van der Waals surface area contributed by atoms with Crippen molar-refractivity contribution < 1.29 is 8.98 Å². The molecule has 2 N–H and O–H groups in total. The van der Waals surface area contributed by atoms with Crippen LogP contribution in [0.1, 0.15) is 24.0 Å². The predicted molar refractivity (Wildman–Crippen MR) is 76.1 cm³/mol. The second-order valence-corrected chi connectivity index (χ2v) is 4.83. The van der Waals surface area contributed by atoms with Gasteiger partial charge in [-0.3, -0.25) is 0 Å². The molecular weight excluding hydrogens is 252 g/mol. The monoisotopic (exact) mass is 269 g/mol. The van der Waals surface area contributed by atoms with Crippen molar-refractivity contribution in [1.29, 1.82) is 0 Å². The van der Waals surface area contributed by atoms with Gasteiger partial charge in [-0.25, -0.2) is 9.97 Å². The zero-order valence-corrected chi connectivity index (χ0v) is 11.6. The van der Waals surface area contributed by atoms with Crippen LogP contribution in [0.25, 0.3) is 11.0 Å². The van der Waals surface area contributed by atoms with Gasteiger partial charge in [0, 0.05) is 25.6 Å². The van der Waals surface area contributed by atoms with Crippen molar-refractivity contribution in [3.8, 4) is 0 Å². The molecule has 102 valence electrons. The maximum atomic E-state index is 6.00. The summed E-state index contributed by atoms with van der Waals surface area (Å²) in [5.41, 5.74) is 8.93. The Morgan fingerprint density at radius 2 is 2.25 bits per heavy atom. The minimum Gasteiger partial charge on any atom is -0.464 e. The van der Waals surface area contributed by atoms with E-state index in [1.165, 1.54) is 0 Å².